The van der Waals surface area contributed by atoms with Gasteiger partial charge in [0.1, 0.15) is 5.82 Å². The van der Waals surface area contributed by atoms with Gasteiger partial charge in [0.15, 0.2) is 5.69 Å². The maximum Gasteiger partial charge on any atom is 0.308 e. The van der Waals surface area contributed by atoms with Crippen LogP contribution >= 0.6 is 0 Å². The lowest BCUT2D eigenvalue weighted by Crippen LogP contribution is -2.42. The topological polar surface area (TPSA) is 88.3 Å². The summed E-state index contributed by atoms with van der Waals surface area (Å²) in [4.78, 5) is 25.1. The monoisotopic (exact) mass is 332 g/mol. The van der Waals surface area contributed by atoms with Crippen LogP contribution in [0.1, 0.15) is 28.9 Å². The van der Waals surface area contributed by atoms with Crippen LogP contribution in [-0.2, 0) is 4.79 Å². The van der Waals surface area contributed by atoms with Crippen LogP contribution in [-0.4, -0.2) is 50.0 Å². The summed E-state index contributed by atoms with van der Waals surface area (Å²) in [6.45, 7) is 2.42. The molecule has 8 heteroatoms. The Morgan fingerprint density at radius 1 is 1.38 bits per heavy atom. The van der Waals surface area contributed by atoms with Crippen molar-refractivity contribution in [2.75, 3.05) is 13.1 Å². The SMILES string of the molecule is Cc1cc(F)ccc1-n1cc(C(=O)N2CCCC(C(=O)O)C2)nn1. The molecule has 1 aromatic heterocycles. The molecule has 1 aliphatic heterocycles. The Morgan fingerprint density at radius 2 is 2.17 bits per heavy atom. The highest BCUT2D eigenvalue weighted by atomic mass is 19.1. The van der Waals surface area contributed by atoms with Crippen LogP contribution in [0.4, 0.5) is 4.39 Å². The summed E-state index contributed by atoms with van der Waals surface area (Å²) >= 11 is 0. The van der Waals surface area contributed by atoms with Gasteiger partial charge in [0.05, 0.1) is 17.8 Å². The maximum absolute atomic E-state index is 13.2. The zero-order valence-electron chi connectivity index (χ0n) is 13.1. The van der Waals surface area contributed by atoms with Gasteiger partial charge in [0, 0.05) is 13.1 Å². The summed E-state index contributed by atoms with van der Waals surface area (Å²) in [5.74, 6) is -2.12. The van der Waals surface area contributed by atoms with Gasteiger partial charge in [-0.25, -0.2) is 9.07 Å². The standard InChI is InChI=1S/C16H17FN4O3/c1-10-7-12(17)4-5-14(10)21-9-13(18-19-21)15(22)20-6-2-3-11(8-20)16(23)24/h4-5,7,9,11H,2-3,6,8H2,1H3,(H,23,24). The van der Waals surface area contributed by atoms with Gasteiger partial charge in [-0.2, -0.15) is 0 Å². The molecular weight excluding hydrogens is 315 g/mol. The summed E-state index contributed by atoms with van der Waals surface area (Å²) in [7, 11) is 0. The average Bonchev–Trinajstić information content (AvgIpc) is 3.04. The number of aromatic nitrogens is 3. The van der Waals surface area contributed by atoms with Gasteiger partial charge >= 0.3 is 5.97 Å². The second kappa shape index (κ2) is 6.38. The fourth-order valence-corrected chi connectivity index (χ4v) is 2.88. The average molecular weight is 332 g/mol. The molecule has 1 N–H and O–H groups in total. The summed E-state index contributed by atoms with van der Waals surface area (Å²) < 4.78 is 14.6. The number of hydrogen-bond donors (Lipinski definition) is 1. The molecule has 1 fully saturated rings. The molecule has 126 valence electrons. The fourth-order valence-electron chi connectivity index (χ4n) is 2.88. The first kappa shape index (κ1) is 16.1. The Kier molecular flexibility index (Phi) is 4.28. The van der Waals surface area contributed by atoms with Crippen LogP contribution < -0.4 is 0 Å². The van der Waals surface area contributed by atoms with E-state index in [1.54, 1.807) is 13.0 Å². The van der Waals surface area contributed by atoms with Crippen LogP contribution in [0.25, 0.3) is 5.69 Å². The van der Waals surface area contributed by atoms with Crippen LogP contribution in [0.15, 0.2) is 24.4 Å². The van der Waals surface area contributed by atoms with Crippen LogP contribution in [0.3, 0.4) is 0 Å². The lowest BCUT2D eigenvalue weighted by molar-refractivity contribution is -0.143. The molecule has 0 spiro atoms. The predicted molar refractivity (Wildman–Crippen MR) is 82.3 cm³/mol. The number of piperidine rings is 1. The van der Waals surface area contributed by atoms with Gasteiger partial charge in [-0.3, -0.25) is 9.59 Å². The molecule has 0 bridgehead atoms. The third kappa shape index (κ3) is 3.12. The minimum atomic E-state index is -0.891. The molecule has 2 heterocycles. The fraction of sp³-hybridized carbons (Fsp3) is 0.375. The van der Waals surface area contributed by atoms with E-state index in [2.05, 4.69) is 10.3 Å². The first-order valence-electron chi connectivity index (χ1n) is 7.66. The third-order valence-electron chi connectivity index (χ3n) is 4.18. The Morgan fingerprint density at radius 3 is 2.88 bits per heavy atom. The molecule has 7 nitrogen and oxygen atoms in total. The summed E-state index contributed by atoms with van der Waals surface area (Å²) in [6.07, 6.45) is 2.70. The van der Waals surface area contributed by atoms with Crippen molar-refractivity contribution in [1.82, 2.24) is 19.9 Å². The summed E-state index contributed by atoms with van der Waals surface area (Å²) in [5, 5.41) is 16.9. The molecule has 1 atom stereocenters. The van der Waals surface area contributed by atoms with E-state index in [-0.39, 0.29) is 24.0 Å². The van der Waals surface area contributed by atoms with Gasteiger partial charge in [0.2, 0.25) is 0 Å². The van der Waals surface area contributed by atoms with Crippen molar-refractivity contribution < 1.29 is 19.1 Å². The van der Waals surface area contributed by atoms with Crippen molar-refractivity contribution in [3.63, 3.8) is 0 Å². The van der Waals surface area contributed by atoms with E-state index >= 15 is 0 Å². The number of aryl methyl sites for hydroxylation is 1. The Balaban J connectivity index is 1.80. The first-order chi connectivity index (χ1) is 11.5. The molecule has 3 rings (SSSR count). The Labute approximate surface area is 137 Å². The molecule has 1 amide bonds. The summed E-state index contributed by atoms with van der Waals surface area (Å²) in [5.41, 5.74) is 1.44. The number of likely N-dealkylation sites (tertiary alicyclic amines) is 1. The quantitative estimate of drug-likeness (QED) is 0.923. The van der Waals surface area contributed by atoms with Gasteiger partial charge in [-0.15, -0.1) is 5.10 Å². The van der Waals surface area contributed by atoms with Crippen molar-refractivity contribution in [1.29, 1.82) is 0 Å². The number of hydrogen-bond acceptors (Lipinski definition) is 4. The highest BCUT2D eigenvalue weighted by Gasteiger charge is 2.29. The number of nitrogens with zero attached hydrogens (tertiary/aromatic N) is 4. The number of rotatable bonds is 3. The largest absolute Gasteiger partial charge is 0.481 e. The van der Waals surface area contributed by atoms with Gasteiger partial charge < -0.3 is 10.0 Å². The van der Waals surface area contributed by atoms with Gasteiger partial charge in [-0.1, -0.05) is 5.21 Å². The number of benzene rings is 1. The molecule has 1 aliphatic rings. The number of carbonyl (C=O) groups is 2. The molecule has 0 aliphatic carbocycles. The second-order valence-corrected chi connectivity index (χ2v) is 5.91. The lowest BCUT2D eigenvalue weighted by atomic mass is 9.98. The van der Waals surface area contributed by atoms with Gasteiger partial charge in [0.25, 0.3) is 5.91 Å². The van der Waals surface area contributed by atoms with Crippen LogP contribution in [0.5, 0.6) is 0 Å². The molecule has 24 heavy (non-hydrogen) atoms. The van der Waals surface area contributed by atoms with E-state index in [1.807, 2.05) is 0 Å². The Bertz CT molecular complexity index is 789. The van der Waals surface area contributed by atoms with E-state index in [0.29, 0.717) is 30.6 Å². The second-order valence-electron chi connectivity index (χ2n) is 5.91. The van der Waals surface area contributed by atoms with Crippen molar-refractivity contribution >= 4 is 11.9 Å². The van der Waals surface area contributed by atoms with E-state index < -0.39 is 11.9 Å². The smallest absolute Gasteiger partial charge is 0.308 e. The zero-order valence-corrected chi connectivity index (χ0v) is 13.1. The van der Waals surface area contributed by atoms with Gasteiger partial charge in [-0.05, 0) is 43.5 Å². The number of carboxylic acids is 1. The molecule has 1 aromatic carbocycles. The zero-order chi connectivity index (χ0) is 17.3. The normalized spacial score (nSPS) is 17.8. The number of aliphatic carboxylic acids is 1. The third-order valence-corrected chi connectivity index (χ3v) is 4.18. The predicted octanol–water partition coefficient (Wildman–Crippen LogP) is 1.65. The van der Waals surface area contributed by atoms with E-state index in [1.165, 1.54) is 27.9 Å². The van der Waals surface area contributed by atoms with Crippen molar-refractivity contribution in [2.24, 2.45) is 5.92 Å². The molecular formula is C16H17FN4O3. The Hall–Kier alpha value is -2.77. The lowest BCUT2D eigenvalue weighted by Gasteiger charge is -2.29. The van der Waals surface area contributed by atoms with Crippen LogP contribution in [0.2, 0.25) is 0 Å². The number of amides is 1. The number of carboxylic acid groups (broad SMARTS) is 1. The number of halogens is 1. The van der Waals surface area contributed by atoms with E-state index in [9.17, 15) is 14.0 Å². The molecule has 0 saturated carbocycles. The first-order valence-corrected chi connectivity index (χ1v) is 7.66. The van der Waals surface area contributed by atoms with Crippen molar-refractivity contribution in [3.05, 3.63) is 41.5 Å². The highest BCUT2D eigenvalue weighted by Crippen LogP contribution is 2.19. The number of carbonyl (C=O) groups excluding carboxylic acids is 1. The van der Waals surface area contributed by atoms with E-state index in [0.717, 1.165) is 0 Å². The minimum absolute atomic E-state index is 0.143. The maximum atomic E-state index is 13.2. The molecule has 1 saturated heterocycles. The summed E-state index contributed by atoms with van der Waals surface area (Å²) in [6, 6.07) is 4.25. The molecule has 1 unspecified atom stereocenters. The van der Waals surface area contributed by atoms with Crippen LogP contribution in [0, 0.1) is 18.7 Å². The van der Waals surface area contributed by atoms with Crippen molar-refractivity contribution in [3.8, 4) is 5.69 Å². The molecule has 2 aromatic rings. The minimum Gasteiger partial charge on any atom is -0.481 e. The molecule has 0 radical (unpaired) electrons. The van der Waals surface area contributed by atoms with Crippen molar-refractivity contribution in [2.45, 2.75) is 19.8 Å². The van der Waals surface area contributed by atoms with E-state index in [4.69, 9.17) is 5.11 Å². The highest BCUT2D eigenvalue weighted by molar-refractivity contribution is 5.92.